The van der Waals surface area contributed by atoms with E-state index in [4.69, 9.17) is 22.1 Å². The Balaban J connectivity index is 1.66. The zero-order chi connectivity index (χ0) is 21.6. The first-order valence-electron chi connectivity index (χ1n) is 10.0. The zero-order valence-corrected chi connectivity index (χ0v) is 17.5. The Morgan fingerprint density at radius 3 is 2.73 bits per heavy atom. The maximum atomic E-state index is 13.8. The van der Waals surface area contributed by atoms with Crippen LogP contribution in [-0.4, -0.2) is 36.4 Å². The summed E-state index contributed by atoms with van der Waals surface area (Å²) in [7, 11) is 0. The Hall–Kier alpha value is -2.60. The number of piperidine rings is 1. The molecule has 1 aliphatic rings. The van der Waals surface area contributed by atoms with Crippen LogP contribution in [0.25, 0.3) is 0 Å². The topological polar surface area (TPSA) is 72.6 Å². The number of halogens is 2. The van der Waals surface area contributed by atoms with Crippen LogP contribution in [0, 0.1) is 11.2 Å². The van der Waals surface area contributed by atoms with Gasteiger partial charge < -0.3 is 15.4 Å². The molecule has 2 aromatic carbocycles. The molecule has 160 valence electrons. The molecule has 0 radical (unpaired) electrons. The number of likely N-dealkylation sites (tertiary alicyclic amines) is 1. The SMILES string of the molecule is NC(=O)C[C@@]1(COc2cccc(Cl)c2)CCCN(C(=O)CCc2ccccc2F)C1. The monoisotopic (exact) mass is 432 g/mol. The van der Waals surface area contributed by atoms with E-state index >= 15 is 0 Å². The Labute approximate surface area is 181 Å². The average molecular weight is 433 g/mol. The third-order valence-corrected chi connectivity index (χ3v) is 5.71. The average Bonchev–Trinajstić information content (AvgIpc) is 2.71. The van der Waals surface area contributed by atoms with E-state index in [1.165, 1.54) is 6.07 Å². The van der Waals surface area contributed by atoms with Crippen LogP contribution < -0.4 is 10.5 Å². The Morgan fingerprint density at radius 2 is 2.00 bits per heavy atom. The van der Waals surface area contributed by atoms with E-state index in [2.05, 4.69) is 0 Å². The van der Waals surface area contributed by atoms with Gasteiger partial charge in [-0.2, -0.15) is 0 Å². The summed E-state index contributed by atoms with van der Waals surface area (Å²) < 4.78 is 19.8. The lowest BCUT2D eigenvalue weighted by Crippen LogP contribution is -2.50. The summed E-state index contributed by atoms with van der Waals surface area (Å²) in [5.74, 6) is -0.184. The molecule has 0 spiro atoms. The van der Waals surface area contributed by atoms with Crippen LogP contribution in [0.3, 0.4) is 0 Å². The molecule has 0 unspecified atom stereocenters. The van der Waals surface area contributed by atoms with Crippen molar-refractivity contribution in [2.24, 2.45) is 11.1 Å². The van der Waals surface area contributed by atoms with E-state index in [1.807, 2.05) is 0 Å². The van der Waals surface area contributed by atoms with Gasteiger partial charge in [-0.05, 0) is 49.1 Å². The van der Waals surface area contributed by atoms with Crippen LogP contribution in [0.4, 0.5) is 4.39 Å². The highest BCUT2D eigenvalue weighted by atomic mass is 35.5. The van der Waals surface area contributed by atoms with E-state index in [1.54, 1.807) is 47.4 Å². The largest absolute Gasteiger partial charge is 0.493 e. The van der Waals surface area contributed by atoms with Gasteiger partial charge in [0.1, 0.15) is 11.6 Å². The van der Waals surface area contributed by atoms with Crippen molar-refractivity contribution in [2.75, 3.05) is 19.7 Å². The number of benzene rings is 2. The number of amides is 2. The summed E-state index contributed by atoms with van der Waals surface area (Å²) in [5.41, 5.74) is 5.48. The summed E-state index contributed by atoms with van der Waals surface area (Å²) >= 11 is 6.01. The van der Waals surface area contributed by atoms with Crippen LogP contribution >= 0.6 is 11.6 Å². The van der Waals surface area contributed by atoms with Crippen molar-refractivity contribution in [3.63, 3.8) is 0 Å². The van der Waals surface area contributed by atoms with Gasteiger partial charge >= 0.3 is 0 Å². The smallest absolute Gasteiger partial charge is 0.222 e. The fourth-order valence-electron chi connectivity index (χ4n) is 4.00. The normalized spacial score (nSPS) is 18.8. The molecule has 3 rings (SSSR count). The number of carbonyl (C=O) groups excluding carboxylic acids is 2. The lowest BCUT2D eigenvalue weighted by atomic mass is 9.77. The third kappa shape index (κ3) is 5.95. The Bertz CT molecular complexity index is 908. The Morgan fingerprint density at radius 1 is 1.20 bits per heavy atom. The van der Waals surface area contributed by atoms with Gasteiger partial charge in [-0.1, -0.05) is 35.9 Å². The van der Waals surface area contributed by atoms with Gasteiger partial charge in [0.25, 0.3) is 0 Å². The second kappa shape index (κ2) is 9.94. The van der Waals surface area contributed by atoms with Crippen molar-refractivity contribution in [3.05, 3.63) is 64.9 Å². The predicted octanol–water partition coefficient (Wildman–Crippen LogP) is 3.97. The van der Waals surface area contributed by atoms with Gasteiger partial charge in [0, 0.05) is 36.4 Å². The highest BCUT2D eigenvalue weighted by Crippen LogP contribution is 2.35. The number of hydrogen-bond donors (Lipinski definition) is 1. The maximum absolute atomic E-state index is 13.8. The molecule has 1 aliphatic heterocycles. The lowest BCUT2D eigenvalue weighted by molar-refractivity contribution is -0.137. The second-order valence-electron chi connectivity index (χ2n) is 7.90. The van der Waals surface area contributed by atoms with E-state index < -0.39 is 11.3 Å². The summed E-state index contributed by atoms with van der Waals surface area (Å²) in [6.07, 6.45) is 2.16. The van der Waals surface area contributed by atoms with E-state index in [-0.39, 0.29) is 31.2 Å². The molecule has 1 heterocycles. The lowest BCUT2D eigenvalue weighted by Gasteiger charge is -2.42. The van der Waals surface area contributed by atoms with Crippen molar-refractivity contribution in [1.82, 2.24) is 4.90 Å². The molecule has 0 saturated carbocycles. The van der Waals surface area contributed by atoms with Crippen molar-refractivity contribution in [2.45, 2.75) is 32.1 Å². The van der Waals surface area contributed by atoms with Gasteiger partial charge in [0.15, 0.2) is 0 Å². The number of rotatable bonds is 8. The van der Waals surface area contributed by atoms with Crippen molar-refractivity contribution in [1.29, 1.82) is 0 Å². The van der Waals surface area contributed by atoms with Gasteiger partial charge in [-0.15, -0.1) is 0 Å². The van der Waals surface area contributed by atoms with Gasteiger partial charge in [0.05, 0.1) is 6.61 Å². The molecule has 1 atom stereocenters. The molecule has 5 nitrogen and oxygen atoms in total. The highest BCUT2D eigenvalue weighted by molar-refractivity contribution is 6.30. The number of carbonyl (C=O) groups is 2. The second-order valence-corrected chi connectivity index (χ2v) is 8.34. The first-order chi connectivity index (χ1) is 14.4. The molecule has 0 aromatic heterocycles. The van der Waals surface area contributed by atoms with Gasteiger partial charge in [-0.3, -0.25) is 9.59 Å². The molecule has 0 aliphatic carbocycles. The number of nitrogens with zero attached hydrogens (tertiary/aromatic N) is 1. The fraction of sp³-hybridized carbons (Fsp3) is 0.391. The van der Waals surface area contributed by atoms with Gasteiger partial charge in [-0.25, -0.2) is 4.39 Å². The first-order valence-corrected chi connectivity index (χ1v) is 10.4. The molecule has 7 heteroatoms. The standard InChI is InChI=1S/C23H26ClFN2O3/c24-18-6-3-7-19(13-18)30-16-23(14-21(26)28)11-4-12-27(15-23)22(29)10-9-17-5-1-2-8-20(17)25/h1-3,5-8,13H,4,9-12,14-16H2,(H2,26,28)/t23-/m0/s1. The number of ether oxygens (including phenoxy) is 1. The molecule has 2 aromatic rings. The van der Waals surface area contributed by atoms with Crippen LogP contribution in [0.5, 0.6) is 5.75 Å². The first kappa shape index (κ1) is 22.1. The summed E-state index contributed by atoms with van der Waals surface area (Å²) in [6, 6.07) is 13.5. The summed E-state index contributed by atoms with van der Waals surface area (Å²) in [5, 5.41) is 0.560. The third-order valence-electron chi connectivity index (χ3n) is 5.47. The van der Waals surface area contributed by atoms with E-state index in [0.717, 1.165) is 12.8 Å². The van der Waals surface area contributed by atoms with E-state index in [9.17, 15) is 14.0 Å². The molecular formula is C23H26ClFN2O3. The highest BCUT2D eigenvalue weighted by Gasteiger charge is 2.39. The van der Waals surface area contributed by atoms with Crippen molar-refractivity contribution < 1.29 is 18.7 Å². The van der Waals surface area contributed by atoms with Crippen molar-refractivity contribution in [3.8, 4) is 5.75 Å². The molecule has 2 amide bonds. The molecule has 1 fully saturated rings. The zero-order valence-electron chi connectivity index (χ0n) is 16.8. The summed E-state index contributed by atoms with van der Waals surface area (Å²) in [6.45, 7) is 1.24. The number of aryl methyl sites for hydroxylation is 1. The summed E-state index contributed by atoms with van der Waals surface area (Å²) in [4.78, 5) is 26.3. The van der Waals surface area contributed by atoms with Crippen molar-refractivity contribution >= 4 is 23.4 Å². The van der Waals surface area contributed by atoms with Crippen LogP contribution in [0.2, 0.25) is 5.02 Å². The minimum atomic E-state index is -0.555. The molecule has 1 saturated heterocycles. The molecule has 30 heavy (non-hydrogen) atoms. The van der Waals surface area contributed by atoms with Crippen LogP contribution in [-0.2, 0) is 16.0 Å². The van der Waals surface area contributed by atoms with Crippen LogP contribution in [0.1, 0.15) is 31.2 Å². The molecule has 0 bridgehead atoms. The minimum absolute atomic E-state index is 0.0606. The number of primary amides is 1. The number of nitrogens with two attached hydrogens (primary N) is 1. The van der Waals surface area contributed by atoms with E-state index in [0.29, 0.717) is 35.8 Å². The maximum Gasteiger partial charge on any atom is 0.222 e. The predicted molar refractivity (Wildman–Crippen MR) is 114 cm³/mol. The fourth-order valence-corrected chi connectivity index (χ4v) is 4.18. The molecule has 2 N–H and O–H groups in total. The number of hydrogen-bond acceptors (Lipinski definition) is 3. The van der Waals surface area contributed by atoms with Gasteiger partial charge in [0.2, 0.25) is 11.8 Å². The minimum Gasteiger partial charge on any atom is -0.493 e. The Kier molecular flexibility index (Phi) is 7.32. The van der Waals surface area contributed by atoms with Crippen LogP contribution in [0.15, 0.2) is 48.5 Å². The quantitative estimate of drug-likeness (QED) is 0.685. The molecular weight excluding hydrogens is 407 g/mol.